The monoisotopic (exact) mass is 253 g/mol. The fourth-order valence-electron chi connectivity index (χ4n) is 2.83. The summed E-state index contributed by atoms with van der Waals surface area (Å²) >= 11 is 0. The average molecular weight is 253 g/mol. The Hall–Kier alpha value is -1.80. The van der Waals surface area contributed by atoms with Gasteiger partial charge in [0.25, 0.3) is 0 Å². The molecule has 0 aromatic heterocycles. The molecular weight excluding hydrogens is 234 g/mol. The van der Waals surface area contributed by atoms with E-state index in [-0.39, 0.29) is 0 Å². The summed E-state index contributed by atoms with van der Waals surface area (Å²) in [4.78, 5) is 0. The molecular formula is C17H19NO. The lowest BCUT2D eigenvalue weighted by atomic mass is 9.85. The molecule has 1 aliphatic rings. The predicted octanol–water partition coefficient (Wildman–Crippen LogP) is 3.32. The maximum Gasteiger partial charge on any atom is 0.123 e. The van der Waals surface area contributed by atoms with Crippen LogP contribution in [0.25, 0.3) is 0 Å². The van der Waals surface area contributed by atoms with Crippen molar-refractivity contribution in [3.8, 4) is 5.75 Å². The van der Waals surface area contributed by atoms with Crippen LogP contribution in [-0.4, -0.2) is 13.2 Å². The van der Waals surface area contributed by atoms with Crippen molar-refractivity contribution in [2.24, 2.45) is 0 Å². The van der Waals surface area contributed by atoms with E-state index in [9.17, 15) is 0 Å². The molecule has 0 spiro atoms. The van der Waals surface area contributed by atoms with Gasteiger partial charge in [-0.3, -0.25) is 0 Å². The molecule has 98 valence electrons. The third kappa shape index (κ3) is 2.36. The second-order valence-corrected chi connectivity index (χ2v) is 4.85. The maximum atomic E-state index is 5.78. The Balaban J connectivity index is 2.04. The first-order valence-electron chi connectivity index (χ1n) is 6.90. The fourth-order valence-corrected chi connectivity index (χ4v) is 2.83. The van der Waals surface area contributed by atoms with Crippen molar-refractivity contribution in [3.63, 3.8) is 0 Å². The summed E-state index contributed by atoms with van der Waals surface area (Å²) in [5.41, 5.74) is 4.10. The Kier molecular flexibility index (Phi) is 3.51. The number of nitrogens with one attached hydrogen (secondary N) is 1. The third-order valence-electron chi connectivity index (χ3n) is 3.69. The van der Waals surface area contributed by atoms with Gasteiger partial charge >= 0.3 is 0 Å². The first-order valence-corrected chi connectivity index (χ1v) is 6.90. The van der Waals surface area contributed by atoms with Crippen molar-refractivity contribution in [3.05, 3.63) is 65.2 Å². The lowest BCUT2D eigenvalue weighted by molar-refractivity contribution is 0.334. The third-order valence-corrected chi connectivity index (χ3v) is 3.69. The molecule has 0 amide bonds. The molecule has 0 radical (unpaired) electrons. The van der Waals surface area contributed by atoms with E-state index in [0.717, 1.165) is 18.8 Å². The van der Waals surface area contributed by atoms with Gasteiger partial charge in [0.15, 0.2) is 0 Å². The van der Waals surface area contributed by atoms with Crippen LogP contribution in [0.2, 0.25) is 0 Å². The summed E-state index contributed by atoms with van der Waals surface area (Å²) < 4.78 is 5.78. The summed E-state index contributed by atoms with van der Waals surface area (Å²) in [6, 6.07) is 17.1. The van der Waals surface area contributed by atoms with Crippen LogP contribution in [0.5, 0.6) is 5.75 Å². The molecule has 1 atom stereocenters. The van der Waals surface area contributed by atoms with Crippen LogP contribution in [0.1, 0.15) is 29.5 Å². The Morgan fingerprint density at radius 2 is 1.79 bits per heavy atom. The zero-order valence-electron chi connectivity index (χ0n) is 11.2. The second kappa shape index (κ2) is 5.45. The summed E-state index contributed by atoms with van der Waals surface area (Å²) in [5, 5.41) is 3.50. The topological polar surface area (TPSA) is 21.3 Å². The number of para-hydroxylation sites is 1. The van der Waals surface area contributed by atoms with Crippen molar-refractivity contribution >= 4 is 0 Å². The fraction of sp³-hybridized carbons (Fsp3) is 0.294. The molecule has 0 aliphatic carbocycles. The molecule has 3 rings (SSSR count). The second-order valence-electron chi connectivity index (χ2n) is 4.85. The van der Waals surface area contributed by atoms with E-state index in [1.807, 2.05) is 13.0 Å². The van der Waals surface area contributed by atoms with Crippen molar-refractivity contribution < 1.29 is 4.74 Å². The summed E-state index contributed by atoms with van der Waals surface area (Å²) in [6.07, 6.45) is 0. The summed E-state index contributed by atoms with van der Waals surface area (Å²) in [6.45, 7) is 4.67. The summed E-state index contributed by atoms with van der Waals surface area (Å²) in [7, 11) is 0. The van der Waals surface area contributed by atoms with E-state index < -0.39 is 0 Å². The quantitative estimate of drug-likeness (QED) is 0.906. The lowest BCUT2D eigenvalue weighted by Crippen LogP contribution is -2.29. The smallest absolute Gasteiger partial charge is 0.123 e. The average Bonchev–Trinajstić information content (AvgIpc) is 2.48. The van der Waals surface area contributed by atoms with Crippen LogP contribution in [-0.2, 0) is 6.54 Å². The number of rotatable bonds is 3. The van der Waals surface area contributed by atoms with E-state index in [1.54, 1.807) is 0 Å². The maximum absolute atomic E-state index is 5.78. The van der Waals surface area contributed by atoms with Gasteiger partial charge in [-0.05, 0) is 24.1 Å². The molecule has 2 nitrogen and oxygen atoms in total. The molecule has 0 fully saturated rings. The molecule has 2 heteroatoms. The highest BCUT2D eigenvalue weighted by molar-refractivity contribution is 5.46. The van der Waals surface area contributed by atoms with E-state index in [4.69, 9.17) is 4.74 Å². The zero-order valence-corrected chi connectivity index (χ0v) is 11.2. The van der Waals surface area contributed by atoms with E-state index in [0.29, 0.717) is 12.5 Å². The molecule has 0 bridgehead atoms. The highest BCUT2D eigenvalue weighted by Gasteiger charge is 2.23. The molecule has 1 aliphatic heterocycles. The molecule has 19 heavy (non-hydrogen) atoms. The molecule has 1 heterocycles. The van der Waals surface area contributed by atoms with Gasteiger partial charge in [-0.1, -0.05) is 42.5 Å². The minimum atomic E-state index is 0.382. The SMILES string of the molecule is CCOc1ccccc1C1CNCc2ccccc21. The van der Waals surface area contributed by atoms with Crippen LogP contribution in [0.3, 0.4) is 0 Å². The Morgan fingerprint density at radius 3 is 2.63 bits per heavy atom. The minimum absolute atomic E-state index is 0.382. The molecule has 2 aromatic carbocycles. The van der Waals surface area contributed by atoms with Crippen LogP contribution < -0.4 is 10.1 Å². The first-order chi connectivity index (χ1) is 9.40. The van der Waals surface area contributed by atoms with Crippen molar-refractivity contribution in [1.82, 2.24) is 5.32 Å². The molecule has 2 aromatic rings. The van der Waals surface area contributed by atoms with Gasteiger partial charge in [0, 0.05) is 24.6 Å². The number of benzene rings is 2. The standard InChI is InChI=1S/C17H19NO/c1-2-19-17-10-6-5-9-15(17)16-12-18-11-13-7-3-4-8-14(13)16/h3-10,16,18H,2,11-12H2,1H3. The van der Waals surface area contributed by atoms with Gasteiger partial charge in [-0.15, -0.1) is 0 Å². The first kappa shape index (κ1) is 12.2. The molecule has 0 saturated carbocycles. The van der Waals surface area contributed by atoms with Crippen LogP contribution in [0, 0.1) is 0 Å². The van der Waals surface area contributed by atoms with Gasteiger partial charge < -0.3 is 10.1 Å². The lowest BCUT2D eigenvalue weighted by Gasteiger charge is -2.28. The predicted molar refractivity (Wildman–Crippen MR) is 77.6 cm³/mol. The summed E-state index contributed by atoms with van der Waals surface area (Å²) in [5.74, 6) is 1.39. The molecule has 1 N–H and O–H groups in total. The number of hydrogen-bond acceptors (Lipinski definition) is 2. The van der Waals surface area contributed by atoms with Crippen LogP contribution in [0.4, 0.5) is 0 Å². The van der Waals surface area contributed by atoms with Crippen LogP contribution >= 0.6 is 0 Å². The van der Waals surface area contributed by atoms with Crippen molar-refractivity contribution in [2.75, 3.05) is 13.2 Å². The minimum Gasteiger partial charge on any atom is -0.494 e. The zero-order chi connectivity index (χ0) is 13.1. The number of ether oxygens (including phenoxy) is 1. The van der Waals surface area contributed by atoms with Gasteiger partial charge in [-0.2, -0.15) is 0 Å². The van der Waals surface area contributed by atoms with E-state index >= 15 is 0 Å². The highest BCUT2D eigenvalue weighted by atomic mass is 16.5. The Morgan fingerprint density at radius 1 is 1.05 bits per heavy atom. The van der Waals surface area contributed by atoms with Crippen LogP contribution in [0.15, 0.2) is 48.5 Å². The highest BCUT2D eigenvalue weighted by Crippen LogP contribution is 2.35. The molecule has 1 unspecified atom stereocenters. The Bertz CT molecular complexity index is 565. The van der Waals surface area contributed by atoms with Gasteiger partial charge in [0.1, 0.15) is 5.75 Å². The van der Waals surface area contributed by atoms with Gasteiger partial charge in [-0.25, -0.2) is 0 Å². The van der Waals surface area contributed by atoms with Crippen molar-refractivity contribution in [2.45, 2.75) is 19.4 Å². The molecule has 0 saturated heterocycles. The van der Waals surface area contributed by atoms with E-state index in [1.165, 1.54) is 16.7 Å². The normalized spacial score (nSPS) is 17.8. The van der Waals surface area contributed by atoms with Gasteiger partial charge in [0.2, 0.25) is 0 Å². The number of hydrogen-bond donors (Lipinski definition) is 1. The Labute approximate surface area is 114 Å². The van der Waals surface area contributed by atoms with Crippen molar-refractivity contribution in [1.29, 1.82) is 0 Å². The number of fused-ring (bicyclic) bond motifs is 1. The van der Waals surface area contributed by atoms with Gasteiger partial charge in [0.05, 0.1) is 6.61 Å². The largest absolute Gasteiger partial charge is 0.494 e. The van der Waals surface area contributed by atoms with E-state index in [2.05, 4.69) is 47.8 Å².